The molecule has 1 N–H and O–H groups in total. The van der Waals surface area contributed by atoms with Crippen molar-refractivity contribution >= 4 is 27.9 Å². The van der Waals surface area contributed by atoms with Crippen LogP contribution in [0.15, 0.2) is 36.0 Å². The van der Waals surface area contributed by atoms with Gasteiger partial charge in [0, 0.05) is 5.69 Å². The highest BCUT2D eigenvalue weighted by Gasteiger charge is 2.13. The summed E-state index contributed by atoms with van der Waals surface area (Å²) in [6.07, 6.45) is 2.51. The number of anilines is 1. The van der Waals surface area contributed by atoms with Crippen LogP contribution in [0.3, 0.4) is 0 Å². The summed E-state index contributed by atoms with van der Waals surface area (Å²) in [5, 5.41) is 6.95. The summed E-state index contributed by atoms with van der Waals surface area (Å²) >= 11 is 1.40. The number of para-hydroxylation sites is 1. The monoisotopic (exact) mass is 272 g/mol. The van der Waals surface area contributed by atoms with E-state index in [1.165, 1.54) is 11.3 Å². The van der Waals surface area contributed by atoms with Crippen molar-refractivity contribution in [1.82, 2.24) is 14.6 Å². The lowest BCUT2D eigenvalue weighted by Crippen LogP contribution is -2.13. The van der Waals surface area contributed by atoms with Gasteiger partial charge in [-0.2, -0.15) is 5.10 Å². The molecule has 0 aliphatic heterocycles. The number of aryl methyl sites for hydroxylation is 1. The van der Waals surface area contributed by atoms with Crippen molar-refractivity contribution in [2.75, 3.05) is 5.32 Å². The maximum Gasteiger partial charge on any atom is 0.275 e. The molecule has 19 heavy (non-hydrogen) atoms. The third-order valence-electron chi connectivity index (χ3n) is 2.87. The zero-order valence-electron chi connectivity index (χ0n) is 10.3. The highest BCUT2D eigenvalue weighted by Crippen LogP contribution is 2.17. The largest absolute Gasteiger partial charge is 0.320 e. The third kappa shape index (κ3) is 2.22. The smallest absolute Gasteiger partial charge is 0.275 e. The Morgan fingerprint density at radius 2 is 2.26 bits per heavy atom. The SMILES string of the molecule is CCc1ccccc1NC(=O)c1cn2ncsc2n1. The molecule has 0 aliphatic rings. The van der Waals surface area contributed by atoms with Crippen LogP contribution in [0.1, 0.15) is 23.0 Å². The minimum absolute atomic E-state index is 0.210. The minimum atomic E-state index is -0.210. The zero-order chi connectivity index (χ0) is 13.2. The lowest BCUT2D eigenvalue weighted by atomic mass is 10.1. The molecule has 96 valence electrons. The number of amides is 1. The number of nitrogens with one attached hydrogen (secondary N) is 1. The van der Waals surface area contributed by atoms with Gasteiger partial charge in [0.1, 0.15) is 11.2 Å². The highest BCUT2D eigenvalue weighted by atomic mass is 32.1. The zero-order valence-corrected chi connectivity index (χ0v) is 11.1. The van der Waals surface area contributed by atoms with Crippen LogP contribution in [-0.2, 0) is 6.42 Å². The molecule has 3 aromatic rings. The average molecular weight is 272 g/mol. The second kappa shape index (κ2) is 4.81. The number of hydrogen-bond acceptors (Lipinski definition) is 4. The van der Waals surface area contributed by atoms with E-state index in [1.807, 2.05) is 24.3 Å². The van der Waals surface area contributed by atoms with Crippen molar-refractivity contribution in [1.29, 1.82) is 0 Å². The van der Waals surface area contributed by atoms with Gasteiger partial charge in [0.15, 0.2) is 0 Å². The van der Waals surface area contributed by atoms with E-state index in [1.54, 1.807) is 16.2 Å². The maximum absolute atomic E-state index is 12.1. The Labute approximate surface area is 113 Å². The number of carbonyl (C=O) groups is 1. The Morgan fingerprint density at radius 3 is 3.05 bits per heavy atom. The summed E-state index contributed by atoms with van der Waals surface area (Å²) in [7, 11) is 0. The fourth-order valence-electron chi connectivity index (χ4n) is 1.89. The Kier molecular flexibility index (Phi) is 3.00. The molecular weight excluding hydrogens is 260 g/mol. The minimum Gasteiger partial charge on any atom is -0.320 e. The number of hydrogen-bond donors (Lipinski definition) is 1. The van der Waals surface area contributed by atoms with Crippen molar-refractivity contribution in [2.24, 2.45) is 0 Å². The van der Waals surface area contributed by atoms with Crippen molar-refractivity contribution in [3.8, 4) is 0 Å². The predicted molar refractivity (Wildman–Crippen MR) is 74.6 cm³/mol. The summed E-state index contributed by atoms with van der Waals surface area (Å²) in [6.45, 7) is 2.06. The first-order valence-electron chi connectivity index (χ1n) is 5.96. The summed E-state index contributed by atoms with van der Waals surface area (Å²) in [6, 6.07) is 7.77. The van der Waals surface area contributed by atoms with Gasteiger partial charge in [0.05, 0.1) is 6.20 Å². The highest BCUT2D eigenvalue weighted by molar-refractivity contribution is 7.14. The number of rotatable bonds is 3. The van der Waals surface area contributed by atoms with E-state index in [0.29, 0.717) is 10.7 Å². The second-order valence-electron chi connectivity index (χ2n) is 4.06. The fourth-order valence-corrected chi connectivity index (χ4v) is 2.49. The first kappa shape index (κ1) is 11.9. The van der Waals surface area contributed by atoms with Gasteiger partial charge < -0.3 is 5.32 Å². The molecule has 0 fully saturated rings. The average Bonchev–Trinajstić information content (AvgIpc) is 3.00. The van der Waals surface area contributed by atoms with Crippen LogP contribution in [-0.4, -0.2) is 20.5 Å². The summed E-state index contributed by atoms with van der Waals surface area (Å²) in [5.41, 5.74) is 4.01. The first-order chi connectivity index (χ1) is 9.28. The molecule has 0 spiro atoms. The van der Waals surface area contributed by atoms with Crippen LogP contribution in [0.4, 0.5) is 5.69 Å². The summed E-state index contributed by atoms with van der Waals surface area (Å²) in [4.78, 5) is 17.1. The Hall–Kier alpha value is -2.21. The number of imidazole rings is 1. The van der Waals surface area contributed by atoms with Crippen molar-refractivity contribution in [3.05, 3.63) is 47.2 Å². The van der Waals surface area contributed by atoms with E-state index < -0.39 is 0 Å². The third-order valence-corrected chi connectivity index (χ3v) is 3.55. The molecule has 0 aliphatic carbocycles. The lowest BCUT2D eigenvalue weighted by molar-refractivity contribution is 0.102. The fraction of sp³-hybridized carbons (Fsp3) is 0.154. The standard InChI is InChI=1S/C13H12N4OS/c1-2-9-5-3-4-6-10(9)15-12(18)11-7-17-13(16-11)19-8-14-17/h3-8H,2H2,1H3,(H,15,18). The molecule has 1 aromatic carbocycles. The Bertz CT molecular complexity index is 702. The van der Waals surface area contributed by atoms with E-state index >= 15 is 0 Å². The van der Waals surface area contributed by atoms with E-state index in [9.17, 15) is 4.79 Å². The van der Waals surface area contributed by atoms with Crippen LogP contribution in [0.5, 0.6) is 0 Å². The van der Waals surface area contributed by atoms with Crippen LogP contribution in [0.25, 0.3) is 4.96 Å². The summed E-state index contributed by atoms with van der Waals surface area (Å²) < 4.78 is 1.60. The second-order valence-corrected chi connectivity index (χ2v) is 4.87. The maximum atomic E-state index is 12.1. The Balaban J connectivity index is 1.86. The van der Waals surface area contributed by atoms with Gasteiger partial charge in [0.2, 0.25) is 4.96 Å². The molecule has 2 aromatic heterocycles. The van der Waals surface area contributed by atoms with Crippen LogP contribution in [0.2, 0.25) is 0 Å². The molecule has 1 amide bonds. The molecule has 2 heterocycles. The Morgan fingerprint density at radius 1 is 1.42 bits per heavy atom. The number of benzene rings is 1. The van der Waals surface area contributed by atoms with Crippen LogP contribution >= 0.6 is 11.3 Å². The van der Waals surface area contributed by atoms with Crippen molar-refractivity contribution in [3.63, 3.8) is 0 Å². The quantitative estimate of drug-likeness (QED) is 0.797. The van der Waals surface area contributed by atoms with Gasteiger partial charge >= 0.3 is 0 Å². The number of carbonyl (C=O) groups excluding carboxylic acids is 1. The van der Waals surface area contributed by atoms with Gasteiger partial charge in [-0.3, -0.25) is 4.79 Å². The van der Waals surface area contributed by atoms with E-state index in [0.717, 1.165) is 17.7 Å². The van der Waals surface area contributed by atoms with Crippen LogP contribution < -0.4 is 5.32 Å². The molecule has 0 atom stereocenters. The van der Waals surface area contributed by atoms with E-state index in [-0.39, 0.29) is 5.91 Å². The summed E-state index contributed by atoms with van der Waals surface area (Å²) in [5.74, 6) is -0.210. The normalized spacial score (nSPS) is 10.8. The van der Waals surface area contributed by atoms with Gasteiger partial charge in [-0.25, -0.2) is 9.50 Å². The topological polar surface area (TPSA) is 59.3 Å². The van der Waals surface area contributed by atoms with Crippen molar-refractivity contribution in [2.45, 2.75) is 13.3 Å². The molecule has 5 nitrogen and oxygen atoms in total. The van der Waals surface area contributed by atoms with Gasteiger partial charge in [-0.15, -0.1) is 0 Å². The number of aromatic nitrogens is 3. The van der Waals surface area contributed by atoms with Gasteiger partial charge in [-0.1, -0.05) is 36.5 Å². The molecule has 0 saturated heterocycles. The molecule has 0 radical (unpaired) electrons. The first-order valence-corrected chi connectivity index (χ1v) is 6.84. The predicted octanol–water partition coefficient (Wildman–Crippen LogP) is 2.61. The van der Waals surface area contributed by atoms with Crippen molar-refractivity contribution < 1.29 is 4.79 Å². The molecule has 0 saturated carbocycles. The van der Waals surface area contributed by atoms with Gasteiger partial charge in [0.25, 0.3) is 5.91 Å². The number of fused-ring (bicyclic) bond motifs is 1. The lowest BCUT2D eigenvalue weighted by Gasteiger charge is -2.07. The van der Waals surface area contributed by atoms with E-state index in [4.69, 9.17) is 0 Å². The molecule has 3 rings (SSSR count). The molecule has 6 heteroatoms. The molecular formula is C13H12N4OS. The van der Waals surface area contributed by atoms with Gasteiger partial charge in [-0.05, 0) is 18.1 Å². The molecule has 0 bridgehead atoms. The van der Waals surface area contributed by atoms with Crippen LogP contribution in [0, 0.1) is 0 Å². The van der Waals surface area contributed by atoms with E-state index in [2.05, 4.69) is 22.3 Å². The number of nitrogens with zero attached hydrogens (tertiary/aromatic N) is 3. The molecule has 0 unspecified atom stereocenters.